The largest absolute Gasteiger partial charge is 0.481 e. The van der Waals surface area contributed by atoms with Crippen LogP contribution in [0.15, 0.2) is 30.3 Å². The fourth-order valence-electron chi connectivity index (χ4n) is 2.35. The number of hydrogen-bond donors (Lipinski definition) is 1. The fraction of sp³-hybridized carbons (Fsp3) is 0.500. The second kappa shape index (κ2) is 6.40. The number of aliphatic carboxylic acids is 1. The number of ether oxygens (including phenoxy) is 1. The van der Waals surface area contributed by atoms with Crippen molar-refractivity contribution in [2.45, 2.75) is 25.3 Å². The summed E-state index contributed by atoms with van der Waals surface area (Å²) in [6.07, 6.45) is 2.11. The van der Waals surface area contributed by atoms with E-state index in [0.717, 1.165) is 31.7 Å². The van der Waals surface area contributed by atoms with Gasteiger partial charge in [-0.2, -0.15) is 0 Å². The predicted octanol–water partition coefficient (Wildman–Crippen LogP) is 2.15. The van der Waals surface area contributed by atoms with Gasteiger partial charge in [-0.3, -0.25) is 4.79 Å². The topological polar surface area (TPSA) is 49.8 Å². The van der Waals surface area contributed by atoms with Gasteiger partial charge in [0.05, 0.1) is 6.42 Å². The maximum Gasteiger partial charge on any atom is 0.305 e. The van der Waals surface area contributed by atoms with Crippen LogP contribution >= 0.6 is 0 Å². The molecule has 1 N–H and O–H groups in total. The van der Waals surface area contributed by atoms with Crippen molar-refractivity contribution in [1.29, 1.82) is 0 Å². The fourth-order valence-corrected chi connectivity index (χ4v) is 2.35. The quantitative estimate of drug-likeness (QED) is 0.868. The van der Waals surface area contributed by atoms with Crippen LogP contribution in [0.1, 0.15) is 19.3 Å². The molecule has 0 saturated carbocycles. The normalized spacial score (nSPS) is 16.4. The zero-order valence-corrected chi connectivity index (χ0v) is 10.4. The first-order valence-corrected chi connectivity index (χ1v) is 6.38. The number of carboxylic acid groups (broad SMARTS) is 1. The van der Waals surface area contributed by atoms with Gasteiger partial charge >= 0.3 is 5.97 Å². The summed E-state index contributed by atoms with van der Waals surface area (Å²) in [5.41, 5.74) is 1.10. The zero-order chi connectivity index (χ0) is 12.8. The van der Waals surface area contributed by atoms with Gasteiger partial charge in [-0.25, -0.2) is 0 Å². The molecule has 18 heavy (non-hydrogen) atoms. The molecule has 1 aliphatic rings. The van der Waals surface area contributed by atoms with E-state index < -0.39 is 5.97 Å². The van der Waals surface area contributed by atoms with E-state index in [9.17, 15) is 4.79 Å². The minimum absolute atomic E-state index is 0.173. The molecule has 0 unspecified atom stereocenters. The summed E-state index contributed by atoms with van der Waals surface area (Å²) in [4.78, 5) is 13.0. The minimum atomic E-state index is -0.747. The van der Waals surface area contributed by atoms with Crippen molar-refractivity contribution in [3.8, 4) is 0 Å². The number of nitrogens with zero attached hydrogens (tertiary/aromatic N) is 1. The van der Waals surface area contributed by atoms with E-state index in [1.54, 1.807) is 0 Å². The summed E-state index contributed by atoms with van der Waals surface area (Å²) in [6.45, 7) is 2.09. The molecule has 0 aromatic heterocycles. The molecule has 0 atom stereocenters. The molecule has 4 nitrogen and oxygen atoms in total. The SMILES string of the molecule is O=C(O)CCN(c1ccccc1)C1CCOCC1. The van der Waals surface area contributed by atoms with Crippen LogP contribution in [-0.4, -0.2) is 36.9 Å². The Morgan fingerprint density at radius 1 is 1.28 bits per heavy atom. The molecule has 0 aliphatic carbocycles. The van der Waals surface area contributed by atoms with Crippen molar-refractivity contribution in [2.24, 2.45) is 0 Å². The molecule has 0 spiro atoms. The summed E-state index contributed by atoms with van der Waals surface area (Å²) in [5.74, 6) is -0.747. The Bertz CT molecular complexity index is 374. The van der Waals surface area contributed by atoms with E-state index >= 15 is 0 Å². The molecule has 1 saturated heterocycles. The van der Waals surface area contributed by atoms with E-state index in [0.29, 0.717) is 12.6 Å². The molecular formula is C14H19NO3. The second-order valence-corrected chi connectivity index (χ2v) is 4.52. The number of hydrogen-bond acceptors (Lipinski definition) is 3. The highest BCUT2D eigenvalue weighted by Crippen LogP contribution is 2.22. The molecule has 0 bridgehead atoms. The van der Waals surface area contributed by atoms with Crippen LogP contribution in [0.4, 0.5) is 5.69 Å². The van der Waals surface area contributed by atoms with E-state index in [2.05, 4.69) is 4.90 Å². The lowest BCUT2D eigenvalue weighted by Crippen LogP contribution is -2.40. The molecule has 1 fully saturated rings. The first-order valence-electron chi connectivity index (χ1n) is 6.38. The summed E-state index contributed by atoms with van der Waals surface area (Å²) >= 11 is 0. The number of benzene rings is 1. The monoisotopic (exact) mass is 249 g/mol. The lowest BCUT2D eigenvalue weighted by Gasteiger charge is -2.35. The average Bonchev–Trinajstić information content (AvgIpc) is 2.41. The molecular weight excluding hydrogens is 230 g/mol. The van der Waals surface area contributed by atoms with Crippen LogP contribution in [0.2, 0.25) is 0 Å². The van der Waals surface area contributed by atoms with E-state index in [-0.39, 0.29) is 6.42 Å². The third kappa shape index (κ3) is 3.47. The maximum atomic E-state index is 10.8. The van der Waals surface area contributed by atoms with Crippen LogP contribution in [0.3, 0.4) is 0 Å². The first-order chi connectivity index (χ1) is 8.77. The molecule has 0 radical (unpaired) electrons. The van der Waals surface area contributed by atoms with Crippen LogP contribution < -0.4 is 4.90 Å². The molecule has 1 heterocycles. The van der Waals surface area contributed by atoms with Crippen molar-refractivity contribution in [1.82, 2.24) is 0 Å². The molecule has 1 aromatic rings. The van der Waals surface area contributed by atoms with Crippen molar-refractivity contribution in [3.05, 3.63) is 30.3 Å². The van der Waals surface area contributed by atoms with Gasteiger partial charge in [0.2, 0.25) is 0 Å². The third-order valence-electron chi connectivity index (χ3n) is 3.29. The van der Waals surface area contributed by atoms with Gasteiger partial charge in [0.1, 0.15) is 0 Å². The molecule has 98 valence electrons. The number of carbonyl (C=O) groups is 1. The summed E-state index contributed by atoms with van der Waals surface area (Å²) in [5, 5.41) is 8.86. The van der Waals surface area contributed by atoms with Gasteiger partial charge in [-0.15, -0.1) is 0 Å². The Balaban J connectivity index is 2.08. The Morgan fingerprint density at radius 3 is 2.56 bits per heavy atom. The Labute approximate surface area is 107 Å². The second-order valence-electron chi connectivity index (χ2n) is 4.52. The van der Waals surface area contributed by atoms with E-state index in [1.165, 1.54) is 0 Å². The summed E-state index contributed by atoms with van der Waals surface area (Å²) < 4.78 is 5.37. The van der Waals surface area contributed by atoms with Gasteiger partial charge in [0.15, 0.2) is 0 Å². The lowest BCUT2D eigenvalue weighted by molar-refractivity contribution is -0.136. The number of para-hydroxylation sites is 1. The molecule has 4 heteroatoms. The lowest BCUT2D eigenvalue weighted by atomic mass is 10.1. The van der Waals surface area contributed by atoms with Crippen LogP contribution in [0.25, 0.3) is 0 Å². The molecule has 1 aliphatic heterocycles. The Kier molecular flexibility index (Phi) is 4.59. The number of anilines is 1. The Hall–Kier alpha value is -1.55. The highest BCUT2D eigenvalue weighted by atomic mass is 16.5. The van der Waals surface area contributed by atoms with Crippen molar-refractivity contribution < 1.29 is 14.6 Å². The number of rotatable bonds is 5. The molecule has 0 amide bonds. The molecule has 2 rings (SSSR count). The van der Waals surface area contributed by atoms with Gasteiger partial charge in [-0.05, 0) is 25.0 Å². The van der Waals surface area contributed by atoms with Gasteiger partial charge in [-0.1, -0.05) is 18.2 Å². The van der Waals surface area contributed by atoms with Crippen LogP contribution in [0.5, 0.6) is 0 Å². The standard InChI is InChI=1S/C14H19NO3/c16-14(17)6-9-15(12-4-2-1-3-5-12)13-7-10-18-11-8-13/h1-5,13H,6-11H2,(H,16,17). The average molecular weight is 249 g/mol. The molecule has 1 aromatic carbocycles. The van der Waals surface area contributed by atoms with E-state index in [1.807, 2.05) is 30.3 Å². The van der Waals surface area contributed by atoms with Crippen LogP contribution in [-0.2, 0) is 9.53 Å². The maximum absolute atomic E-state index is 10.8. The predicted molar refractivity (Wildman–Crippen MR) is 69.9 cm³/mol. The summed E-state index contributed by atoms with van der Waals surface area (Å²) in [6, 6.07) is 10.4. The Morgan fingerprint density at radius 2 is 1.94 bits per heavy atom. The first kappa shape index (κ1) is 12.9. The van der Waals surface area contributed by atoms with Gasteiger partial charge in [0.25, 0.3) is 0 Å². The van der Waals surface area contributed by atoms with E-state index in [4.69, 9.17) is 9.84 Å². The van der Waals surface area contributed by atoms with Crippen molar-refractivity contribution >= 4 is 11.7 Å². The van der Waals surface area contributed by atoms with Gasteiger partial charge in [0, 0.05) is 31.5 Å². The number of carboxylic acids is 1. The summed E-state index contributed by atoms with van der Waals surface area (Å²) in [7, 11) is 0. The minimum Gasteiger partial charge on any atom is -0.481 e. The van der Waals surface area contributed by atoms with Crippen molar-refractivity contribution in [3.63, 3.8) is 0 Å². The highest BCUT2D eigenvalue weighted by molar-refractivity contribution is 5.67. The zero-order valence-electron chi connectivity index (χ0n) is 10.4. The third-order valence-corrected chi connectivity index (χ3v) is 3.29. The van der Waals surface area contributed by atoms with Crippen LogP contribution in [0, 0.1) is 0 Å². The van der Waals surface area contributed by atoms with Gasteiger partial charge < -0.3 is 14.7 Å². The highest BCUT2D eigenvalue weighted by Gasteiger charge is 2.22. The van der Waals surface area contributed by atoms with Crippen molar-refractivity contribution in [2.75, 3.05) is 24.7 Å². The smallest absolute Gasteiger partial charge is 0.305 e.